The maximum Gasteiger partial charge on any atom is 0.315 e. The zero-order valence-corrected chi connectivity index (χ0v) is 14.0. The summed E-state index contributed by atoms with van der Waals surface area (Å²) in [5.74, 6) is 1.58. The first kappa shape index (κ1) is 16.1. The molecule has 120 valence electrons. The molecule has 0 fully saturated rings. The number of hydrogen-bond acceptors (Lipinski definition) is 3. The number of amides is 2. The number of aromatic nitrogens is 2. The summed E-state index contributed by atoms with van der Waals surface area (Å²) in [5, 5.41) is 10.2. The highest BCUT2D eigenvalue weighted by Crippen LogP contribution is 2.21. The normalized spacial score (nSPS) is 13.7. The monoisotopic (exact) mass is 304 g/mol. The number of carbonyl (C=O) groups excluding carboxylic acids is 1. The van der Waals surface area contributed by atoms with E-state index in [9.17, 15) is 4.79 Å². The second-order valence-electron chi connectivity index (χ2n) is 5.72. The Labute approximate surface area is 130 Å². The summed E-state index contributed by atoms with van der Waals surface area (Å²) < 4.78 is 7.35. The summed E-state index contributed by atoms with van der Waals surface area (Å²) >= 11 is 0. The molecule has 0 aliphatic rings. The summed E-state index contributed by atoms with van der Waals surface area (Å²) in [5.41, 5.74) is 3.04. The average molecular weight is 304 g/mol. The van der Waals surface area contributed by atoms with Crippen LogP contribution in [-0.4, -0.2) is 15.8 Å². The largest absolute Gasteiger partial charge is 0.464 e. The molecular weight excluding hydrogens is 280 g/mol. The standard InChI is InChI=1S/C16H24N4O2/c1-9-7-8-14(22-9)10(2)17-16(21)18-11(3)15-12(4)19-20(6)13(15)5/h7-8,10-11H,1-6H3,(H2,17,18,21). The molecule has 2 rings (SSSR count). The van der Waals surface area contributed by atoms with Crippen LogP contribution in [0.3, 0.4) is 0 Å². The molecule has 0 radical (unpaired) electrons. The van der Waals surface area contributed by atoms with Crippen LogP contribution in [0, 0.1) is 20.8 Å². The molecule has 2 aromatic rings. The molecule has 0 saturated carbocycles. The fourth-order valence-electron chi connectivity index (χ4n) is 2.68. The quantitative estimate of drug-likeness (QED) is 0.912. The van der Waals surface area contributed by atoms with Crippen LogP contribution >= 0.6 is 0 Å². The van der Waals surface area contributed by atoms with Crippen molar-refractivity contribution in [2.45, 2.75) is 46.7 Å². The lowest BCUT2D eigenvalue weighted by atomic mass is 10.1. The van der Waals surface area contributed by atoms with Gasteiger partial charge in [-0.3, -0.25) is 4.68 Å². The molecule has 0 bridgehead atoms. The lowest BCUT2D eigenvalue weighted by Gasteiger charge is -2.18. The van der Waals surface area contributed by atoms with Crippen molar-refractivity contribution in [2.75, 3.05) is 0 Å². The molecule has 2 atom stereocenters. The van der Waals surface area contributed by atoms with Crippen molar-refractivity contribution < 1.29 is 9.21 Å². The van der Waals surface area contributed by atoms with Gasteiger partial charge in [-0.05, 0) is 46.8 Å². The second-order valence-corrected chi connectivity index (χ2v) is 5.72. The molecule has 2 aromatic heterocycles. The summed E-state index contributed by atoms with van der Waals surface area (Å²) in [6.07, 6.45) is 0. The molecule has 0 aliphatic heterocycles. The van der Waals surface area contributed by atoms with Gasteiger partial charge in [0.2, 0.25) is 0 Å². The fraction of sp³-hybridized carbons (Fsp3) is 0.500. The van der Waals surface area contributed by atoms with E-state index in [0.717, 1.165) is 28.5 Å². The molecule has 0 aliphatic carbocycles. The van der Waals surface area contributed by atoms with Crippen molar-refractivity contribution in [2.24, 2.45) is 7.05 Å². The first-order valence-electron chi connectivity index (χ1n) is 7.43. The summed E-state index contributed by atoms with van der Waals surface area (Å²) in [7, 11) is 1.90. The Hall–Kier alpha value is -2.24. The van der Waals surface area contributed by atoms with Crippen LogP contribution in [0.2, 0.25) is 0 Å². The van der Waals surface area contributed by atoms with E-state index in [2.05, 4.69) is 15.7 Å². The maximum atomic E-state index is 12.2. The lowest BCUT2D eigenvalue weighted by molar-refractivity contribution is 0.233. The fourth-order valence-corrected chi connectivity index (χ4v) is 2.68. The van der Waals surface area contributed by atoms with Gasteiger partial charge < -0.3 is 15.1 Å². The van der Waals surface area contributed by atoms with E-state index in [1.165, 1.54) is 0 Å². The predicted molar refractivity (Wildman–Crippen MR) is 84.6 cm³/mol. The van der Waals surface area contributed by atoms with Crippen molar-refractivity contribution in [3.05, 3.63) is 40.6 Å². The minimum Gasteiger partial charge on any atom is -0.464 e. The van der Waals surface area contributed by atoms with Crippen LogP contribution in [-0.2, 0) is 7.05 Å². The second kappa shape index (κ2) is 6.25. The van der Waals surface area contributed by atoms with Crippen LogP contribution in [0.1, 0.15) is 54.4 Å². The predicted octanol–water partition coefficient (Wildman–Crippen LogP) is 3.06. The third kappa shape index (κ3) is 3.32. The Morgan fingerprint density at radius 3 is 2.32 bits per heavy atom. The SMILES string of the molecule is Cc1ccc(C(C)NC(=O)NC(C)c2c(C)nn(C)c2C)o1. The van der Waals surface area contributed by atoms with Crippen molar-refractivity contribution in [3.8, 4) is 0 Å². The van der Waals surface area contributed by atoms with Gasteiger partial charge in [0, 0.05) is 18.3 Å². The molecule has 6 nitrogen and oxygen atoms in total. The van der Waals surface area contributed by atoms with Crippen LogP contribution < -0.4 is 10.6 Å². The van der Waals surface area contributed by atoms with Crippen LogP contribution in [0.5, 0.6) is 0 Å². The van der Waals surface area contributed by atoms with E-state index in [1.807, 2.05) is 58.5 Å². The molecule has 2 heterocycles. The molecule has 0 saturated heterocycles. The number of hydrogen-bond donors (Lipinski definition) is 2. The summed E-state index contributed by atoms with van der Waals surface area (Å²) in [6.45, 7) is 9.68. The Kier molecular flexibility index (Phi) is 4.59. The minimum atomic E-state index is -0.225. The number of nitrogens with zero attached hydrogens (tertiary/aromatic N) is 2. The van der Waals surface area contributed by atoms with Crippen LogP contribution in [0.15, 0.2) is 16.5 Å². The van der Waals surface area contributed by atoms with E-state index >= 15 is 0 Å². The third-order valence-corrected chi connectivity index (χ3v) is 3.88. The van der Waals surface area contributed by atoms with E-state index in [-0.39, 0.29) is 18.1 Å². The highest BCUT2D eigenvalue weighted by atomic mass is 16.3. The van der Waals surface area contributed by atoms with E-state index in [1.54, 1.807) is 0 Å². The number of carbonyl (C=O) groups is 1. The summed E-state index contributed by atoms with van der Waals surface area (Å²) in [4.78, 5) is 12.2. The Balaban J connectivity index is 1.99. The zero-order valence-electron chi connectivity index (χ0n) is 14.0. The van der Waals surface area contributed by atoms with Crippen LogP contribution in [0.4, 0.5) is 4.79 Å². The van der Waals surface area contributed by atoms with E-state index < -0.39 is 0 Å². The number of urea groups is 1. The first-order valence-corrected chi connectivity index (χ1v) is 7.43. The molecule has 6 heteroatoms. The van der Waals surface area contributed by atoms with Gasteiger partial charge in [-0.15, -0.1) is 0 Å². The smallest absolute Gasteiger partial charge is 0.315 e. The summed E-state index contributed by atoms with van der Waals surface area (Å²) in [6, 6.07) is 3.24. The molecular formula is C16H24N4O2. The number of aryl methyl sites for hydroxylation is 3. The highest BCUT2D eigenvalue weighted by Gasteiger charge is 2.19. The van der Waals surface area contributed by atoms with Gasteiger partial charge in [0.25, 0.3) is 0 Å². The van der Waals surface area contributed by atoms with E-state index in [4.69, 9.17) is 4.42 Å². The topological polar surface area (TPSA) is 72.1 Å². The van der Waals surface area contributed by atoms with Gasteiger partial charge in [0.1, 0.15) is 11.5 Å². The molecule has 22 heavy (non-hydrogen) atoms. The Bertz CT molecular complexity index is 672. The molecule has 2 amide bonds. The van der Waals surface area contributed by atoms with Gasteiger partial charge in [-0.2, -0.15) is 5.10 Å². The van der Waals surface area contributed by atoms with Gasteiger partial charge in [0.15, 0.2) is 0 Å². The van der Waals surface area contributed by atoms with Crippen molar-refractivity contribution in [1.29, 1.82) is 0 Å². The van der Waals surface area contributed by atoms with Crippen molar-refractivity contribution in [1.82, 2.24) is 20.4 Å². The van der Waals surface area contributed by atoms with Gasteiger partial charge >= 0.3 is 6.03 Å². The molecule has 0 spiro atoms. The number of furan rings is 1. The average Bonchev–Trinajstić information content (AvgIpc) is 2.94. The molecule has 2 N–H and O–H groups in total. The van der Waals surface area contributed by atoms with Gasteiger partial charge in [0.05, 0.1) is 17.8 Å². The van der Waals surface area contributed by atoms with Crippen molar-refractivity contribution in [3.63, 3.8) is 0 Å². The highest BCUT2D eigenvalue weighted by molar-refractivity contribution is 5.74. The van der Waals surface area contributed by atoms with Gasteiger partial charge in [-0.25, -0.2) is 4.79 Å². The number of nitrogens with one attached hydrogen (secondary N) is 2. The Morgan fingerprint density at radius 2 is 1.82 bits per heavy atom. The molecule has 0 aromatic carbocycles. The minimum absolute atomic E-state index is 0.112. The first-order chi connectivity index (χ1) is 10.3. The van der Waals surface area contributed by atoms with Crippen molar-refractivity contribution >= 4 is 6.03 Å². The van der Waals surface area contributed by atoms with Gasteiger partial charge in [-0.1, -0.05) is 0 Å². The molecule has 2 unspecified atom stereocenters. The third-order valence-electron chi connectivity index (χ3n) is 3.88. The maximum absolute atomic E-state index is 12.2. The lowest BCUT2D eigenvalue weighted by Crippen LogP contribution is -2.38. The van der Waals surface area contributed by atoms with Crippen LogP contribution in [0.25, 0.3) is 0 Å². The Morgan fingerprint density at radius 1 is 1.18 bits per heavy atom. The van der Waals surface area contributed by atoms with E-state index in [0.29, 0.717) is 0 Å². The zero-order chi connectivity index (χ0) is 16.4. The number of rotatable bonds is 4.